The van der Waals surface area contributed by atoms with E-state index >= 15 is 0 Å². The van der Waals surface area contributed by atoms with E-state index in [0.717, 1.165) is 12.8 Å². The number of rotatable bonds is 8. The summed E-state index contributed by atoms with van der Waals surface area (Å²) in [6, 6.07) is 10.7. The number of hydrogen-bond donors (Lipinski definition) is 2. The fourth-order valence-corrected chi connectivity index (χ4v) is 1.98. The van der Waals surface area contributed by atoms with Gasteiger partial charge in [-0.25, -0.2) is 0 Å². The molecule has 0 radical (unpaired) electrons. The van der Waals surface area contributed by atoms with Crippen LogP contribution in [0.4, 0.5) is 0 Å². The molecule has 21 heavy (non-hydrogen) atoms. The van der Waals surface area contributed by atoms with Crippen LogP contribution < -0.4 is 10.6 Å². The van der Waals surface area contributed by atoms with Gasteiger partial charge in [-0.05, 0) is 45.1 Å². The van der Waals surface area contributed by atoms with Crippen LogP contribution in [0.25, 0.3) is 0 Å². The van der Waals surface area contributed by atoms with Crippen molar-refractivity contribution in [1.82, 2.24) is 10.6 Å². The van der Waals surface area contributed by atoms with Crippen LogP contribution in [-0.2, 0) is 11.2 Å². The van der Waals surface area contributed by atoms with Crippen molar-refractivity contribution in [3.05, 3.63) is 35.9 Å². The molecule has 0 aliphatic heterocycles. The molecule has 1 aromatic rings. The lowest BCUT2D eigenvalue weighted by Crippen LogP contribution is -2.47. The molecular weight excluding hydrogens is 260 g/mol. The van der Waals surface area contributed by atoms with Crippen molar-refractivity contribution in [2.75, 3.05) is 6.54 Å². The van der Waals surface area contributed by atoms with E-state index in [1.165, 1.54) is 5.56 Å². The molecule has 1 aromatic carbocycles. The van der Waals surface area contributed by atoms with E-state index in [4.69, 9.17) is 0 Å². The Morgan fingerprint density at radius 1 is 1.14 bits per heavy atom. The molecule has 0 aliphatic rings. The summed E-state index contributed by atoms with van der Waals surface area (Å²) < 4.78 is 0. The van der Waals surface area contributed by atoms with Crippen LogP contribution in [0.1, 0.15) is 46.6 Å². The van der Waals surface area contributed by atoms with Crippen LogP contribution in [0.15, 0.2) is 30.3 Å². The maximum atomic E-state index is 11.9. The van der Waals surface area contributed by atoms with Crippen molar-refractivity contribution >= 4 is 5.91 Å². The molecule has 3 nitrogen and oxygen atoms in total. The number of aryl methyl sites for hydroxylation is 1. The monoisotopic (exact) mass is 290 g/mol. The molecule has 3 heteroatoms. The summed E-state index contributed by atoms with van der Waals surface area (Å²) in [7, 11) is 0. The van der Waals surface area contributed by atoms with E-state index in [0.29, 0.717) is 12.5 Å². The molecule has 0 aromatic heterocycles. The van der Waals surface area contributed by atoms with Gasteiger partial charge < -0.3 is 10.6 Å². The first kappa shape index (κ1) is 17.7. The molecule has 0 spiro atoms. The number of carbonyl (C=O) groups is 1. The summed E-state index contributed by atoms with van der Waals surface area (Å²) >= 11 is 0. The SMILES string of the molecule is CC(C)C(C)NC(=O)CNC(C)(C)CCc1ccccc1. The summed E-state index contributed by atoms with van der Waals surface area (Å²) in [6.45, 7) is 10.9. The Balaban J connectivity index is 2.33. The normalized spacial score (nSPS) is 13.2. The van der Waals surface area contributed by atoms with Crippen molar-refractivity contribution in [2.24, 2.45) is 5.92 Å². The molecule has 118 valence electrons. The highest BCUT2D eigenvalue weighted by Gasteiger charge is 2.19. The molecule has 0 fully saturated rings. The smallest absolute Gasteiger partial charge is 0.234 e. The minimum atomic E-state index is -0.0474. The van der Waals surface area contributed by atoms with Gasteiger partial charge in [-0.2, -0.15) is 0 Å². The highest BCUT2D eigenvalue weighted by atomic mass is 16.2. The van der Waals surface area contributed by atoms with Crippen LogP contribution in [-0.4, -0.2) is 24.0 Å². The zero-order valence-corrected chi connectivity index (χ0v) is 14.1. The third-order valence-corrected chi connectivity index (χ3v) is 4.00. The van der Waals surface area contributed by atoms with Gasteiger partial charge >= 0.3 is 0 Å². The molecule has 1 atom stereocenters. The Kier molecular flexibility index (Phi) is 6.90. The van der Waals surface area contributed by atoms with E-state index in [2.05, 4.69) is 62.6 Å². The van der Waals surface area contributed by atoms with E-state index in [-0.39, 0.29) is 17.5 Å². The third-order valence-electron chi connectivity index (χ3n) is 4.00. The Morgan fingerprint density at radius 3 is 2.33 bits per heavy atom. The lowest BCUT2D eigenvalue weighted by Gasteiger charge is -2.27. The first-order valence-corrected chi connectivity index (χ1v) is 7.88. The van der Waals surface area contributed by atoms with E-state index in [1.54, 1.807) is 0 Å². The fraction of sp³-hybridized carbons (Fsp3) is 0.611. The first-order valence-electron chi connectivity index (χ1n) is 7.88. The van der Waals surface area contributed by atoms with Crippen LogP contribution in [0.3, 0.4) is 0 Å². The Morgan fingerprint density at radius 2 is 1.76 bits per heavy atom. The standard InChI is InChI=1S/C18H30N2O/c1-14(2)15(3)20-17(21)13-19-18(4,5)12-11-16-9-7-6-8-10-16/h6-10,14-15,19H,11-13H2,1-5H3,(H,20,21). The summed E-state index contributed by atoms with van der Waals surface area (Å²) in [5, 5.41) is 6.39. The topological polar surface area (TPSA) is 41.1 Å². The highest BCUT2D eigenvalue weighted by Crippen LogP contribution is 2.13. The number of amides is 1. The quantitative estimate of drug-likeness (QED) is 0.772. The van der Waals surface area contributed by atoms with Gasteiger partial charge in [0.05, 0.1) is 6.54 Å². The Bertz CT molecular complexity index is 426. The fourth-order valence-electron chi connectivity index (χ4n) is 1.98. The van der Waals surface area contributed by atoms with Gasteiger partial charge in [0.1, 0.15) is 0 Å². The predicted molar refractivity (Wildman–Crippen MR) is 89.3 cm³/mol. The average Bonchev–Trinajstić information content (AvgIpc) is 2.44. The minimum Gasteiger partial charge on any atom is -0.352 e. The van der Waals surface area contributed by atoms with Crippen molar-refractivity contribution in [3.8, 4) is 0 Å². The van der Waals surface area contributed by atoms with Crippen molar-refractivity contribution in [2.45, 2.75) is 59.0 Å². The van der Waals surface area contributed by atoms with Gasteiger partial charge in [0.2, 0.25) is 5.91 Å². The average molecular weight is 290 g/mol. The van der Waals surface area contributed by atoms with Gasteiger partial charge in [-0.15, -0.1) is 0 Å². The van der Waals surface area contributed by atoms with Crippen molar-refractivity contribution in [3.63, 3.8) is 0 Å². The predicted octanol–water partition coefficient (Wildman–Crippen LogP) is 3.15. The summed E-state index contributed by atoms with van der Waals surface area (Å²) in [5.41, 5.74) is 1.29. The molecule has 1 amide bonds. The van der Waals surface area contributed by atoms with Gasteiger partial charge in [0.15, 0.2) is 0 Å². The molecule has 0 heterocycles. The molecule has 0 bridgehead atoms. The summed E-state index contributed by atoms with van der Waals surface area (Å²) in [5.74, 6) is 0.532. The number of hydrogen-bond acceptors (Lipinski definition) is 2. The van der Waals surface area contributed by atoms with Crippen LogP contribution in [0, 0.1) is 5.92 Å². The van der Waals surface area contributed by atoms with Gasteiger partial charge in [0.25, 0.3) is 0 Å². The van der Waals surface area contributed by atoms with Crippen molar-refractivity contribution < 1.29 is 4.79 Å². The van der Waals surface area contributed by atoms with Crippen LogP contribution in [0.5, 0.6) is 0 Å². The molecule has 0 saturated heterocycles. The summed E-state index contributed by atoms with van der Waals surface area (Å²) in [6.07, 6.45) is 2.02. The second kappa shape index (κ2) is 8.18. The molecule has 0 aliphatic carbocycles. The van der Waals surface area contributed by atoms with Gasteiger partial charge in [-0.1, -0.05) is 44.2 Å². The molecular formula is C18H30N2O. The Hall–Kier alpha value is -1.35. The largest absolute Gasteiger partial charge is 0.352 e. The van der Waals surface area contributed by atoms with Crippen LogP contribution >= 0.6 is 0 Å². The zero-order valence-electron chi connectivity index (χ0n) is 14.1. The maximum absolute atomic E-state index is 11.9. The lowest BCUT2D eigenvalue weighted by molar-refractivity contribution is -0.121. The van der Waals surface area contributed by atoms with Crippen molar-refractivity contribution in [1.29, 1.82) is 0 Å². The minimum absolute atomic E-state index is 0.0474. The summed E-state index contributed by atoms with van der Waals surface area (Å²) in [4.78, 5) is 11.9. The zero-order chi connectivity index (χ0) is 15.9. The molecule has 0 saturated carbocycles. The number of benzene rings is 1. The molecule has 2 N–H and O–H groups in total. The Labute approximate surface area is 129 Å². The second-order valence-corrected chi connectivity index (χ2v) is 6.82. The van der Waals surface area contributed by atoms with Gasteiger partial charge in [0, 0.05) is 11.6 Å². The van der Waals surface area contributed by atoms with Gasteiger partial charge in [-0.3, -0.25) is 4.79 Å². The highest BCUT2D eigenvalue weighted by molar-refractivity contribution is 5.78. The lowest BCUT2D eigenvalue weighted by atomic mass is 9.95. The number of nitrogens with one attached hydrogen (secondary N) is 2. The maximum Gasteiger partial charge on any atom is 0.234 e. The van der Waals surface area contributed by atoms with E-state index in [1.807, 2.05) is 13.0 Å². The van der Waals surface area contributed by atoms with E-state index < -0.39 is 0 Å². The third kappa shape index (κ3) is 7.28. The second-order valence-electron chi connectivity index (χ2n) is 6.82. The first-order chi connectivity index (χ1) is 9.80. The molecule has 1 unspecified atom stereocenters. The number of carbonyl (C=O) groups excluding carboxylic acids is 1. The van der Waals surface area contributed by atoms with E-state index in [9.17, 15) is 4.79 Å². The van der Waals surface area contributed by atoms with Crippen LogP contribution in [0.2, 0.25) is 0 Å². The molecule has 1 rings (SSSR count).